The van der Waals surface area contributed by atoms with Crippen LogP contribution in [-0.4, -0.2) is 45.0 Å². The van der Waals surface area contributed by atoms with Crippen LogP contribution < -0.4 is 4.72 Å². The molecule has 1 unspecified atom stereocenters. The number of halogens is 1. The maximum atomic E-state index is 12.9. The number of nitrogens with one attached hydrogen (secondary N) is 1. The summed E-state index contributed by atoms with van der Waals surface area (Å²) >= 11 is 0. The molecular weight excluding hydrogens is 371 g/mol. The van der Waals surface area contributed by atoms with Crippen LogP contribution in [0.4, 0.5) is 10.1 Å². The summed E-state index contributed by atoms with van der Waals surface area (Å²) in [6.45, 7) is 3.49. The van der Waals surface area contributed by atoms with Crippen molar-refractivity contribution in [2.75, 3.05) is 24.4 Å². The predicted octanol–water partition coefficient (Wildman–Crippen LogP) is 2.63. The van der Waals surface area contributed by atoms with Crippen molar-refractivity contribution in [2.24, 2.45) is 0 Å². The molecule has 27 heavy (non-hydrogen) atoms. The molecular formula is C19H21FN2O4S. The molecule has 1 heterocycles. The molecule has 3 rings (SSSR count). The zero-order valence-electron chi connectivity index (χ0n) is 14.9. The van der Waals surface area contributed by atoms with Crippen LogP contribution in [0.1, 0.15) is 22.8 Å². The number of anilines is 1. The number of rotatable bonds is 5. The van der Waals surface area contributed by atoms with Crippen molar-refractivity contribution >= 4 is 21.6 Å². The maximum absolute atomic E-state index is 12.9. The average Bonchev–Trinajstić information content (AvgIpc) is 2.63. The number of morpholine rings is 1. The summed E-state index contributed by atoms with van der Waals surface area (Å²) in [5, 5.41) is 0. The van der Waals surface area contributed by atoms with E-state index in [0.717, 1.165) is 0 Å². The highest BCUT2D eigenvalue weighted by Gasteiger charge is 2.22. The highest BCUT2D eigenvalue weighted by atomic mass is 32.2. The lowest BCUT2D eigenvalue weighted by molar-refractivity contribution is -0.0124. The molecule has 8 heteroatoms. The summed E-state index contributed by atoms with van der Waals surface area (Å²) in [6, 6.07) is 11.6. The van der Waals surface area contributed by atoms with Crippen molar-refractivity contribution in [3.63, 3.8) is 0 Å². The van der Waals surface area contributed by atoms with E-state index in [2.05, 4.69) is 4.72 Å². The number of hydrogen-bond donors (Lipinski definition) is 1. The van der Waals surface area contributed by atoms with Gasteiger partial charge in [-0.05, 0) is 48.9 Å². The van der Waals surface area contributed by atoms with Gasteiger partial charge in [0.1, 0.15) is 5.82 Å². The molecule has 1 aliphatic heterocycles. The predicted molar refractivity (Wildman–Crippen MR) is 100 cm³/mol. The lowest BCUT2D eigenvalue weighted by atomic mass is 10.1. The Hall–Kier alpha value is -2.45. The van der Waals surface area contributed by atoms with E-state index < -0.39 is 15.8 Å². The molecule has 144 valence electrons. The number of nitrogens with zero attached hydrogens (tertiary/aromatic N) is 1. The smallest absolute Gasteiger partial charge is 0.254 e. The molecule has 2 aromatic carbocycles. The van der Waals surface area contributed by atoms with Gasteiger partial charge < -0.3 is 9.64 Å². The molecule has 0 bridgehead atoms. The fraction of sp³-hybridized carbons (Fsp3) is 0.316. The normalized spacial score (nSPS) is 17.6. The summed E-state index contributed by atoms with van der Waals surface area (Å²) in [4.78, 5) is 14.2. The minimum Gasteiger partial charge on any atom is -0.375 e. The Morgan fingerprint density at radius 3 is 2.48 bits per heavy atom. The summed E-state index contributed by atoms with van der Waals surface area (Å²) in [5.41, 5.74) is 1.34. The Balaban J connectivity index is 1.64. The van der Waals surface area contributed by atoms with Crippen LogP contribution in [0.15, 0.2) is 48.5 Å². The van der Waals surface area contributed by atoms with Crippen molar-refractivity contribution in [3.05, 3.63) is 65.5 Å². The second-order valence-electron chi connectivity index (χ2n) is 6.50. The topological polar surface area (TPSA) is 75.7 Å². The SMILES string of the molecule is CC1CN(C(=O)c2ccc(NS(=O)(=O)Cc3ccc(F)cc3)cc2)CCO1. The monoisotopic (exact) mass is 392 g/mol. The molecule has 0 aromatic heterocycles. The van der Waals surface area contributed by atoms with E-state index in [1.807, 2.05) is 6.92 Å². The van der Waals surface area contributed by atoms with E-state index >= 15 is 0 Å². The molecule has 1 N–H and O–H groups in total. The van der Waals surface area contributed by atoms with E-state index in [0.29, 0.717) is 36.5 Å². The number of ether oxygens (including phenoxy) is 1. The Morgan fingerprint density at radius 2 is 1.85 bits per heavy atom. The van der Waals surface area contributed by atoms with E-state index in [-0.39, 0.29) is 17.8 Å². The van der Waals surface area contributed by atoms with Crippen LogP contribution in [0, 0.1) is 5.82 Å². The lowest BCUT2D eigenvalue weighted by Gasteiger charge is -2.31. The molecule has 2 aromatic rings. The second-order valence-corrected chi connectivity index (χ2v) is 8.22. The van der Waals surface area contributed by atoms with Crippen LogP contribution in [0.3, 0.4) is 0 Å². The summed E-state index contributed by atoms with van der Waals surface area (Å²) in [7, 11) is -3.65. The van der Waals surface area contributed by atoms with Gasteiger partial charge in [-0.15, -0.1) is 0 Å². The van der Waals surface area contributed by atoms with Crippen LogP contribution in [-0.2, 0) is 20.5 Å². The molecule has 1 atom stereocenters. The Bertz CT molecular complexity index is 898. The first-order chi connectivity index (χ1) is 12.8. The molecule has 0 spiro atoms. The van der Waals surface area contributed by atoms with Gasteiger partial charge in [0.25, 0.3) is 5.91 Å². The van der Waals surface area contributed by atoms with Gasteiger partial charge in [-0.1, -0.05) is 12.1 Å². The number of carbonyl (C=O) groups excluding carboxylic acids is 1. The third kappa shape index (κ3) is 5.27. The van der Waals surface area contributed by atoms with Gasteiger partial charge in [-0.25, -0.2) is 12.8 Å². The molecule has 0 saturated carbocycles. The minimum absolute atomic E-state index is 0.000226. The van der Waals surface area contributed by atoms with Crippen LogP contribution in [0.5, 0.6) is 0 Å². The van der Waals surface area contributed by atoms with Gasteiger partial charge in [-0.2, -0.15) is 0 Å². The zero-order chi connectivity index (χ0) is 19.4. The Labute approximate surface area is 158 Å². The molecule has 1 aliphatic rings. The maximum Gasteiger partial charge on any atom is 0.254 e. The molecule has 1 amide bonds. The van der Waals surface area contributed by atoms with Crippen LogP contribution in [0.25, 0.3) is 0 Å². The van der Waals surface area contributed by atoms with Crippen LogP contribution >= 0.6 is 0 Å². The first-order valence-electron chi connectivity index (χ1n) is 8.58. The number of sulfonamides is 1. The second kappa shape index (κ2) is 8.06. The Morgan fingerprint density at radius 1 is 1.19 bits per heavy atom. The third-order valence-corrected chi connectivity index (χ3v) is 5.46. The van der Waals surface area contributed by atoms with Gasteiger partial charge in [0.05, 0.1) is 18.5 Å². The fourth-order valence-electron chi connectivity index (χ4n) is 2.88. The van der Waals surface area contributed by atoms with E-state index in [9.17, 15) is 17.6 Å². The van der Waals surface area contributed by atoms with Crippen molar-refractivity contribution in [1.29, 1.82) is 0 Å². The Kier molecular flexibility index (Phi) is 5.76. The van der Waals surface area contributed by atoms with Crippen molar-refractivity contribution in [2.45, 2.75) is 18.8 Å². The van der Waals surface area contributed by atoms with Crippen molar-refractivity contribution in [3.8, 4) is 0 Å². The molecule has 0 aliphatic carbocycles. The largest absolute Gasteiger partial charge is 0.375 e. The number of hydrogen-bond acceptors (Lipinski definition) is 4. The van der Waals surface area contributed by atoms with Crippen molar-refractivity contribution in [1.82, 2.24) is 4.90 Å². The van der Waals surface area contributed by atoms with Gasteiger partial charge >= 0.3 is 0 Å². The van der Waals surface area contributed by atoms with Gasteiger partial charge in [-0.3, -0.25) is 9.52 Å². The molecule has 1 fully saturated rings. The quantitative estimate of drug-likeness (QED) is 0.849. The zero-order valence-corrected chi connectivity index (χ0v) is 15.7. The minimum atomic E-state index is -3.65. The fourth-order valence-corrected chi connectivity index (χ4v) is 4.08. The van der Waals surface area contributed by atoms with E-state index in [1.54, 1.807) is 29.2 Å². The summed E-state index contributed by atoms with van der Waals surface area (Å²) < 4.78 is 45.3. The summed E-state index contributed by atoms with van der Waals surface area (Å²) in [5.74, 6) is -0.788. The highest BCUT2D eigenvalue weighted by Crippen LogP contribution is 2.16. The standard InChI is InChI=1S/C19H21FN2O4S/c1-14-12-22(10-11-26-14)19(23)16-4-8-18(9-5-16)21-27(24,25)13-15-2-6-17(20)7-3-15/h2-9,14,21H,10-13H2,1H3. The summed E-state index contributed by atoms with van der Waals surface area (Å²) in [6.07, 6.45) is 0.000226. The average molecular weight is 392 g/mol. The van der Waals surface area contributed by atoms with Gasteiger partial charge in [0.2, 0.25) is 10.0 Å². The third-order valence-electron chi connectivity index (χ3n) is 4.20. The first kappa shape index (κ1) is 19.3. The van der Waals surface area contributed by atoms with Gasteiger partial charge in [0.15, 0.2) is 0 Å². The molecule has 1 saturated heterocycles. The van der Waals surface area contributed by atoms with E-state index in [1.165, 1.54) is 24.3 Å². The number of benzene rings is 2. The van der Waals surface area contributed by atoms with Crippen LogP contribution in [0.2, 0.25) is 0 Å². The first-order valence-corrected chi connectivity index (χ1v) is 10.2. The number of amides is 1. The highest BCUT2D eigenvalue weighted by molar-refractivity contribution is 7.91. The lowest BCUT2D eigenvalue weighted by Crippen LogP contribution is -2.44. The molecule has 6 nitrogen and oxygen atoms in total. The van der Waals surface area contributed by atoms with Gasteiger partial charge in [0, 0.05) is 24.3 Å². The van der Waals surface area contributed by atoms with E-state index in [4.69, 9.17) is 4.74 Å². The van der Waals surface area contributed by atoms with Crippen molar-refractivity contribution < 1.29 is 22.3 Å². The number of carbonyl (C=O) groups is 1. The molecule has 0 radical (unpaired) electrons.